The Balaban J connectivity index is 1.50. The Bertz CT molecular complexity index is 1370. The first-order chi connectivity index (χ1) is 16.6. The Morgan fingerprint density at radius 2 is 1.82 bits per heavy atom. The fourth-order valence-electron chi connectivity index (χ4n) is 4.79. The van der Waals surface area contributed by atoms with E-state index in [2.05, 4.69) is 10.5 Å². The van der Waals surface area contributed by atoms with Crippen LogP contribution < -0.4 is 4.74 Å². The molecule has 1 fully saturated rings. The standard InChI is InChI=1S/C29H26N2O3/c1-2-7-20-8-6-11-25(18-20)34-24-15-12-21(13-16-24)28-30-26-19-22(29(32)33)14-17-27(26)31(28)23-9-4-3-5-10-23/h1,6,8,11-19,23H,3-5,7,9-10H2,(H,32,33). The molecule has 1 aliphatic carbocycles. The van der Waals surface area contributed by atoms with E-state index < -0.39 is 5.97 Å². The number of aromatic carboxylic acids is 1. The van der Waals surface area contributed by atoms with E-state index in [0.29, 0.717) is 18.0 Å². The van der Waals surface area contributed by atoms with Crippen LogP contribution in [-0.4, -0.2) is 20.6 Å². The third-order valence-corrected chi connectivity index (χ3v) is 6.43. The van der Waals surface area contributed by atoms with Gasteiger partial charge in [0.2, 0.25) is 0 Å². The smallest absolute Gasteiger partial charge is 0.335 e. The van der Waals surface area contributed by atoms with Gasteiger partial charge >= 0.3 is 5.97 Å². The molecule has 1 aliphatic rings. The monoisotopic (exact) mass is 450 g/mol. The van der Waals surface area contributed by atoms with E-state index in [0.717, 1.165) is 46.8 Å². The summed E-state index contributed by atoms with van der Waals surface area (Å²) >= 11 is 0. The van der Waals surface area contributed by atoms with Crippen molar-refractivity contribution < 1.29 is 14.6 Å². The zero-order valence-electron chi connectivity index (χ0n) is 18.9. The molecule has 34 heavy (non-hydrogen) atoms. The van der Waals surface area contributed by atoms with Crippen molar-refractivity contribution in [2.24, 2.45) is 0 Å². The number of carboxylic acid groups (broad SMARTS) is 1. The van der Waals surface area contributed by atoms with E-state index in [1.807, 2.05) is 54.6 Å². The molecule has 1 heterocycles. The number of terminal acetylenes is 1. The Morgan fingerprint density at radius 1 is 1.03 bits per heavy atom. The van der Waals surface area contributed by atoms with Gasteiger partial charge in [0.15, 0.2) is 0 Å². The first kappa shape index (κ1) is 21.8. The Morgan fingerprint density at radius 3 is 2.56 bits per heavy atom. The van der Waals surface area contributed by atoms with Crippen LogP contribution in [0, 0.1) is 12.3 Å². The summed E-state index contributed by atoms with van der Waals surface area (Å²) in [5, 5.41) is 9.43. The molecule has 0 saturated heterocycles. The molecule has 170 valence electrons. The van der Waals surface area contributed by atoms with Crippen LogP contribution in [0.25, 0.3) is 22.4 Å². The highest BCUT2D eigenvalue weighted by atomic mass is 16.5. The lowest BCUT2D eigenvalue weighted by molar-refractivity contribution is 0.0697. The largest absolute Gasteiger partial charge is 0.478 e. The fourth-order valence-corrected chi connectivity index (χ4v) is 4.79. The number of nitrogens with zero attached hydrogens (tertiary/aromatic N) is 2. The van der Waals surface area contributed by atoms with Gasteiger partial charge in [0.05, 0.1) is 16.6 Å². The number of imidazole rings is 1. The fraction of sp³-hybridized carbons (Fsp3) is 0.241. The average Bonchev–Trinajstić information content (AvgIpc) is 3.24. The third kappa shape index (κ3) is 4.40. The molecular formula is C29H26N2O3. The molecule has 3 aromatic carbocycles. The lowest BCUT2D eigenvalue weighted by Crippen LogP contribution is -2.14. The minimum atomic E-state index is -0.941. The number of carboxylic acids is 1. The molecule has 1 saturated carbocycles. The molecule has 0 atom stereocenters. The second-order valence-electron chi connectivity index (χ2n) is 8.76. The van der Waals surface area contributed by atoms with E-state index in [-0.39, 0.29) is 5.56 Å². The van der Waals surface area contributed by atoms with E-state index in [1.54, 1.807) is 12.1 Å². The van der Waals surface area contributed by atoms with Crippen LogP contribution in [0.1, 0.15) is 54.1 Å². The van der Waals surface area contributed by atoms with E-state index in [9.17, 15) is 9.90 Å². The third-order valence-electron chi connectivity index (χ3n) is 6.43. The number of hydrogen-bond donors (Lipinski definition) is 1. The summed E-state index contributed by atoms with van der Waals surface area (Å²) in [7, 11) is 0. The Hall–Kier alpha value is -4.04. The van der Waals surface area contributed by atoms with Crippen molar-refractivity contribution in [3.63, 3.8) is 0 Å². The summed E-state index contributed by atoms with van der Waals surface area (Å²) < 4.78 is 8.35. The van der Waals surface area contributed by atoms with Crippen molar-refractivity contribution in [3.8, 4) is 35.2 Å². The highest BCUT2D eigenvalue weighted by molar-refractivity contribution is 5.93. The molecule has 5 rings (SSSR count). The average molecular weight is 451 g/mol. The predicted molar refractivity (Wildman–Crippen MR) is 133 cm³/mol. The molecule has 5 heteroatoms. The van der Waals surface area contributed by atoms with Gasteiger partial charge in [-0.1, -0.05) is 31.4 Å². The van der Waals surface area contributed by atoms with Crippen molar-refractivity contribution in [2.75, 3.05) is 0 Å². The van der Waals surface area contributed by atoms with E-state index in [4.69, 9.17) is 16.1 Å². The zero-order chi connectivity index (χ0) is 23.5. The number of benzene rings is 3. The molecular weight excluding hydrogens is 424 g/mol. The molecule has 0 radical (unpaired) electrons. The van der Waals surface area contributed by atoms with Gasteiger partial charge in [0, 0.05) is 18.0 Å². The molecule has 0 amide bonds. The summed E-state index contributed by atoms with van der Waals surface area (Å²) in [5.41, 5.74) is 3.97. The van der Waals surface area contributed by atoms with Gasteiger partial charge in [0.25, 0.3) is 0 Å². The predicted octanol–water partition coefficient (Wildman–Crippen LogP) is 6.87. The number of hydrogen-bond acceptors (Lipinski definition) is 3. The van der Waals surface area contributed by atoms with Crippen molar-refractivity contribution in [1.29, 1.82) is 0 Å². The van der Waals surface area contributed by atoms with Crippen molar-refractivity contribution >= 4 is 17.0 Å². The molecule has 1 aromatic heterocycles. The maximum atomic E-state index is 11.5. The SMILES string of the molecule is C#CCc1cccc(Oc2ccc(-c3nc4cc(C(=O)O)ccc4n3C3CCCCC3)cc2)c1. The first-order valence-corrected chi connectivity index (χ1v) is 11.7. The van der Waals surface area contributed by atoms with Gasteiger partial charge in [-0.2, -0.15) is 0 Å². The normalized spacial score (nSPS) is 14.1. The zero-order valence-corrected chi connectivity index (χ0v) is 18.9. The van der Waals surface area contributed by atoms with Gasteiger partial charge in [-0.05, 0) is 73.0 Å². The minimum Gasteiger partial charge on any atom is -0.478 e. The quantitative estimate of drug-likeness (QED) is 0.325. The molecule has 5 nitrogen and oxygen atoms in total. The molecule has 0 spiro atoms. The lowest BCUT2D eigenvalue weighted by atomic mass is 9.95. The van der Waals surface area contributed by atoms with E-state index in [1.165, 1.54) is 19.3 Å². The first-order valence-electron chi connectivity index (χ1n) is 11.7. The topological polar surface area (TPSA) is 64.3 Å². The van der Waals surface area contributed by atoms with Crippen LogP contribution in [0.15, 0.2) is 66.7 Å². The van der Waals surface area contributed by atoms with Crippen LogP contribution in [0.2, 0.25) is 0 Å². The number of carbonyl (C=O) groups is 1. The lowest BCUT2D eigenvalue weighted by Gasteiger charge is -2.25. The molecule has 0 aliphatic heterocycles. The number of ether oxygens (including phenoxy) is 1. The van der Waals surface area contributed by atoms with Crippen LogP contribution in [0.3, 0.4) is 0 Å². The number of fused-ring (bicyclic) bond motifs is 1. The minimum absolute atomic E-state index is 0.253. The highest BCUT2D eigenvalue weighted by Crippen LogP contribution is 2.37. The number of aromatic nitrogens is 2. The van der Waals surface area contributed by atoms with Crippen molar-refractivity contribution in [1.82, 2.24) is 9.55 Å². The van der Waals surface area contributed by atoms with Gasteiger partial charge in [0.1, 0.15) is 17.3 Å². The van der Waals surface area contributed by atoms with E-state index >= 15 is 0 Å². The van der Waals surface area contributed by atoms with Gasteiger partial charge in [-0.25, -0.2) is 9.78 Å². The Kier molecular flexibility index (Phi) is 6.05. The molecule has 0 unspecified atom stereocenters. The van der Waals surface area contributed by atoms with Crippen LogP contribution in [-0.2, 0) is 6.42 Å². The summed E-state index contributed by atoms with van der Waals surface area (Å²) in [6.07, 6.45) is 11.9. The maximum Gasteiger partial charge on any atom is 0.335 e. The van der Waals surface area contributed by atoms with Crippen molar-refractivity contribution in [2.45, 2.75) is 44.6 Å². The van der Waals surface area contributed by atoms with Crippen LogP contribution >= 0.6 is 0 Å². The summed E-state index contributed by atoms with van der Waals surface area (Å²) in [4.78, 5) is 16.4. The molecule has 4 aromatic rings. The second-order valence-corrected chi connectivity index (χ2v) is 8.76. The molecule has 1 N–H and O–H groups in total. The summed E-state index contributed by atoms with van der Waals surface area (Å²) in [6.45, 7) is 0. The van der Waals surface area contributed by atoms with Crippen LogP contribution in [0.5, 0.6) is 11.5 Å². The summed E-state index contributed by atoms with van der Waals surface area (Å²) in [5.74, 6) is 4.06. The van der Waals surface area contributed by atoms with Gasteiger partial charge < -0.3 is 14.4 Å². The maximum absolute atomic E-state index is 11.5. The molecule has 0 bridgehead atoms. The highest BCUT2D eigenvalue weighted by Gasteiger charge is 2.23. The van der Waals surface area contributed by atoms with Gasteiger partial charge in [-0.3, -0.25) is 0 Å². The Labute approximate surface area is 199 Å². The van der Waals surface area contributed by atoms with Gasteiger partial charge in [-0.15, -0.1) is 12.3 Å². The van der Waals surface area contributed by atoms with Crippen LogP contribution in [0.4, 0.5) is 0 Å². The van der Waals surface area contributed by atoms with Crippen molar-refractivity contribution in [3.05, 3.63) is 77.9 Å². The summed E-state index contributed by atoms with van der Waals surface area (Å²) in [6, 6.07) is 21.3. The number of rotatable bonds is 6. The second kappa shape index (κ2) is 9.44.